The van der Waals surface area contributed by atoms with Crippen molar-refractivity contribution in [3.8, 4) is 0 Å². The highest BCUT2D eigenvalue weighted by atomic mass is 32.2. The van der Waals surface area contributed by atoms with E-state index in [-0.39, 0.29) is 25.0 Å². The molecule has 0 aliphatic carbocycles. The van der Waals surface area contributed by atoms with E-state index in [1.54, 1.807) is 57.7 Å². The van der Waals surface area contributed by atoms with E-state index in [4.69, 9.17) is 9.47 Å². The second kappa shape index (κ2) is 13.6. The Hall–Kier alpha value is -3.90. The normalized spacial score (nSPS) is 13.5. The minimum atomic E-state index is -0.635. The number of hydrogen-bond donors (Lipinski definition) is 2. The van der Waals surface area contributed by atoms with Gasteiger partial charge in [-0.3, -0.25) is 9.59 Å². The Morgan fingerprint density at radius 2 is 1.81 bits per heavy atom. The molecule has 0 bridgehead atoms. The molecule has 0 saturated carbocycles. The smallest absolute Gasteiger partial charge is 0.410 e. The highest BCUT2D eigenvalue weighted by Gasteiger charge is 2.33. The lowest BCUT2D eigenvalue weighted by Crippen LogP contribution is -2.39. The molecule has 3 amide bonds. The molecule has 0 spiro atoms. The molecule has 1 aromatic heterocycles. The van der Waals surface area contributed by atoms with Gasteiger partial charge in [0.25, 0.3) is 5.91 Å². The molecule has 43 heavy (non-hydrogen) atoms. The predicted molar refractivity (Wildman–Crippen MR) is 165 cm³/mol. The summed E-state index contributed by atoms with van der Waals surface area (Å²) in [6.45, 7) is 9.68. The number of halogens is 1. The van der Waals surface area contributed by atoms with Gasteiger partial charge in [0.05, 0.1) is 24.0 Å². The number of thiophene rings is 1. The van der Waals surface area contributed by atoms with Gasteiger partial charge in [-0.2, -0.15) is 0 Å². The van der Waals surface area contributed by atoms with Gasteiger partial charge in [-0.1, -0.05) is 6.07 Å². The molecule has 1 atom stereocenters. The number of esters is 1. The fourth-order valence-corrected chi connectivity index (χ4v) is 6.50. The van der Waals surface area contributed by atoms with Crippen molar-refractivity contribution in [2.24, 2.45) is 0 Å². The Labute approximate surface area is 258 Å². The highest BCUT2D eigenvalue weighted by Crippen LogP contribution is 2.39. The van der Waals surface area contributed by atoms with Crippen LogP contribution in [0.15, 0.2) is 53.4 Å². The average Bonchev–Trinajstić information content (AvgIpc) is 3.29. The van der Waals surface area contributed by atoms with Crippen molar-refractivity contribution in [1.29, 1.82) is 0 Å². The van der Waals surface area contributed by atoms with E-state index in [0.717, 1.165) is 15.3 Å². The Kier molecular flexibility index (Phi) is 10.1. The zero-order valence-corrected chi connectivity index (χ0v) is 26.2. The van der Waals surface area contributed by atoms with Crippen molar-refractivity contribution < 1.29 is 33.0 Å². The monoisotopic (exact) mass is 627 g/mol. The number of carbonyl (C=O) groups excluding carboxylic acids is 4. The molecule has 0 radical (unpaired) electrons. The second-order valence-corrected chi connectivity index (χ2v) is 13.3. The van der Waals surface area contributed by atoms with E-state index in [9.17, 15) is 23.6 Å². The minimum absolute atomic E-state index is 0.182. The van der Waals surface area contributed by atoms with Gasteiger partial charge in [-0.15, -0.1) is 23.1 Å². The molecule has 2 heterocycles. The second-order valence-electron chi connectivity index (χ2n) is 10.8. The number of rotatable bonds is 8. The maximum absolute atomic E-state index is 13.3. The topological polar surface area (TPSA) is 114 Å². The van der Waals surface area contributed by atoms with Crippen LogP contribution in [-0.4, -0.2) is 52.8 Å². The van der Waals surface area contributed by atoms with Gasteiger partial charge in [-0.25, -0.2) is 14.0 Å². The first kappa shape index (κ1) is 32.0. The summed E-state index contributed by atoms with van der Waals surface area (Å²) in [6.07, 6.45) is -0.00790. The van der Waals surface area contributed by atoms with Gasteiger partial charge in [0, 0.05) is 27.6 Å². The number of nitrogens with one attached hydrogen (secondary N) is 2. The molecule has 1 aliphatic rings. The van der Waals surface area contributed by atoms with Crippen LogP contribution in [0, 0.1) is 5.82 Å². The van der Waals surface area contributed by atoms with Gasteiger partial charge in [-0.05, 0) is 89.1 Å². The van der Waals surface area contributed by atoms with Crippen LogP contribution in [0.2, 0.25) is 0 Å². The molecule has 2 N–H and O–H groups in total. The van der Waals surface area contributed by atoms with Crippen molar-refractivity contribution in [1.82, 2.24) is 4.90 Å². The number of benzene rings is 2. The quantitative estimate of drug-likeness (QED) is 0.210. The molecule has 3 aromatic rings. The van der Waals surface area contributed by atoms with Gasteiger partial charge in [0.15, 0.2) is 0 Å². The van der Waals surface area contributed by atoms with E-state index in [0.29, 0.717) is 34.8 Å². The highest BCUT2D eigenvalue weighted by molar-refractivity contribution is 8.00. The van der Waals surface area contributed by atoms with Gasteiger partial charge in [0.2, 0.25) is 5.91 Å². The molecule has 1 aliphatic heterocycles. The van der Waals surface area contributed by atoms with Crippen molar-refractivity contribution in [2.45, 2.75) is 63.3 Å². The number of anilines is 2. The van der Waals surface area contributed by atoms with Crippen LogP contribution >= 0.6 is 23.1 Å². The average molecular weight is 628 g/mol. The maximum atomic E-state index is 13.3. The Balaban J connectivity index is 1.46. The lowest BCUT2D eigenvalue weighted by molar-refractivity contribution is -0.115. The zero-order valence-electron chi connectivity index (χ0n) is 24.6. The van der Waals surface area contributed by atoms with E-state index in [1.165, 1.54) is 47.4 Å². The molecule has 0 saturated heterocycles. The number of carbonyl (C=O) groups is 4. The largest absolute Gasteiger partial charge is 0.462 e. The summed E-state index contributed by atoms with van der Waals surface area (Å²) in [7, 11) is 0. The summed E-state index contributed by atoms with van der Waals surface area (Å²) in [5, 5.41) is 5.51. The van der Waals surface area contributed by atoms with Crippen LogP contribution in [0.3, 0.4) is 0 Å². The standard InChI is InChI=1S/C31H34FN3O6S2/c1-6-40-29(38)25-23-14-15-35(30(39)41-31(3,4)5)17-24(23)43-28(25)34-26(36)18(2)42-22-9-7-8-21(16-22)33-27(37)19-10-12-20(32)13-11-19/h7-13,16,18H,6,14-15,17H2,1-5H3,(H,33,37)(H,34,36). The third-order valence-corrected chi connectivity index (χ3v) is 8.53. The molecule has 4 rings (SSSR count). The summed E-state index contributed by atoms with van der Waals surface area (Å²) in [4.78, 5) is 54.6. The first-order valence-electron chi connectivity index (χ1n) is 13.8. The third kappa shape index (κ3) is 8.35. The van der Waals surface area contributed by atoms with E-state index >= 15 is 0 Å². The lowest BCUT2D eigenvalue weighted by atomic mass is 10.0. The van der Waals surface area contributed by atoms with Gasteiger partial charge >= 0.3 is 12.1 Å². The summed E-state index contributed by atoms with van der Waals surface area (Å²) >= 11 is 2.54. The summed E-state index contributed by atoms with van der Waals surface area (Å²) in [5.74, 6) is -1.65. The van der Waals surface area contributed by atoms with E-state index in [1.807, 2.05) is 6.07 Å². The van der Waals surface area contributed by atoms with Gasteiger partial charge in [0.1, 0.15) is 16.4 Å². The molecular weight excluding hydrogens is 593 g/mol. The van der Waals surface area contributed by atoms with Crippen LogP contribution in [0.1, 0.15) is 65.8 Å². The van der Waals surface area contributed by atoms with Crippen molar-refractivity contribution >= 4 is 57.7 Å². The van der Waals surface area contributed by atoms with Crippen LogP contribution in [0.4, 0.5) is 19.9 Å². The van der Waals surface area contributed by atoms with Crippen LogP contribution < -0.4 is 10.6 Å². The summed E-state index contributed by atoms with van der Waals surface area (Å²) in [5.41, 5.74) is 1.29. The first-order valence-corrected chi connectivity index (χ1v) is 15.5. The van der Waals surface area contributed by atoms with Crippen molar-refractivity contribution in [2.75, 3.05) is 23.8 Å². The summed E-state index contributed by atoms with van der Waals surface area (Å²) < 4.78 is 24.0. The van der Waals surface area contributed by atoms with Crippen molar-refractivity contribution in [3.63, 3.8) is 0 Å². The Morgan fingerprint density at radius 3 is 2.49 bits per heavy atom. The Morgan fingerprint density at radius 1 is 1.09 bits per heavy atom. The fourth-order valence-electron chi connectivity index (χ4n) is 4.32. The number of nitrogens with zero attached hydrogens (tertiary/aromatic N) is 1. The number of thioether (sulfide) groups is 1. The number of ether oxygens (including phenoxy) is 2. The minimum Gasteiger partial charge on any atom is -0.462 e. The SMILES string of the molecule is CCOC(=O)c1c(NC(=O)C(C)Sc2cccc(NC(=O)c3ccc(F)cc3)c2)sc2c1CCN(C(=O)OC(C)(C)C)C2. The maximum Gasteiger partial charge on any atom is 0.410 e. The number of amides is 3. The molecule has 0 fully saturated rings. The van der Waals surface area contributed by atoms with E-state index in [2.05, 4.69) is 10.6 Å². The Bertz CT molecular complexity index is 1520. The molecule has 12 heteroatoms. The molecule has 2 aromatic carbocycles. The van der Waals surface area contributed by atoms with Crippen LogP contribution in [0.5, 0.6) is 0 Å². The number of fused-ring (bicyclic) bond motifs is 1. The molecule has 9 nitrogen and oxygen atoms in total. The van der Waals surface area contributed by atoms with E-state index < -0.39 is 28.7 Å². The third-order valence-electron chi connectivity index (χ3n) is 6.31. The fraction of sp³-hybridized carbons (Fsp3) is 0.355. The van der Waals surface area contributed by atoms with Gasteiger partial charge < -0.3 is 25.0 Å². The molecule has 1 unspecified atom stereocenters. The molecule has 228 valence electrons. The summed E-state index contributed by atoms with van der Waals surface area (Å²) in [6, 6.07) is 12.3. The van der Waals surface area contributed by atoms with Crippen LogP contribution in [-0.2, 0) is 27.2 Å². The molecular formula is C31H34FN3O6S2. The van der Waals surface area contributed by atoms with Crippen LogP contribution in [0.25, 0.3) is 0 Å². The predicted octanol–water partition coefficient (Wildman–Crippen LogP) is 6.73. The van der Waals surface area contributed by atoms with Crippen molar-refractivity contribution in [3.05, 3.63) is 75.9 Å². The zero-order chi connectivity index (χ0) is 31.3. The number of hydrogen-bond acceptors (Lipinski definition) is 8. The first-order chi connectivity index (χ1) is 20.3. The lowest BCUT2D eigenvalue weighted by Gasteiger charge is -2.30.